The van der Waals surface area contributed by atoms with Crippen LogP contribution >= 0.6 is 0 Å². The molecule has 4 nitrogen and oxygen atoms in total. The van der Waals surface area contributed by atoms with Crippen molar-refractivity contribution in [2.24, 2.45) is 11.8 Å². The summed E-state index contributed by atoms with van der Waals surface area (Å²) in [5.41, 5.74) is 0.392. The number of hydrazine groups is 2. The summed E-state index contributed by atoms with van der Waals surface area (Å²) in [7, 11) is 0. The largest absolute Gasteiger partial charge is 0.235 e. The first-order valence-corrected chi connectivity index (χ1v) is 12.0. The van der Waals surface area contributed by atoms with Gasteiger partial charge in [-0.15, -0.1) is 0 Å². The van der Waals surface area contributed by atoms with Crippen molar-refractivity contribution in [2.75, 3.05) is 0 Å². The number of hydrogen-bond acceptors (Lipinski definition) is 4. The van der Waals surface area contributed by atoms with Gasteiger partial charge in [0.25, 0.3) is 0 Å². The first-order valence-electron chi connectivity index (χ1n) is 12.0. The van der Waals surface area contributed by atoms with Crippen LogP contribution in [0, 0.1) is 11.8 Å². The van der Waals surface area contributed by atoms with E-state index in [4.69, 9.17) is 0 Å². The lowest BCUT2D eigenvalue weighted by atomic mass is 9.57. The molecular weight excluding hydrogens is 344 g/mol. The van der Waals surface area contributed by atoms with E-state index in [0.717, 1.165) is 11.8 Å². The summed E-state index contributed by atoms with van der Waals surface area (Å²) in [4.78, 5) is 0. The van der Waals surface area contributed by atoms with Crippen LogP contribution in [0.1, 0.15) is 94.9 Å². The van der Waals surface area contributed by atoms with Crippen LogP contribution in [0.25, 0.3) is 0 Å². The maximum atomic E-state index is 2.84. The minimum absolute atomic E-state index is 0.196. The van der Waals surface area contributed by atoms with Crippen LogP contribution in [-0.2, 0) is 0 Å². The van der Waals surface area contributed by atoms with Crippen molar-refractivity contribution in [1.29, 1.82) is 0 Å². The molecule has 4 heteroatoms. The molecule has 4 aliphatic heterocycles. The van der Waals surface area contributed by atoms with Crippen molar-refractivity contribution < 1.29 is 0 Å². The maximum absolute atomic E-state index is 2.84. The molecule has 0 aromatic carbocycles. The number of fused-ring (bicyclic) bond motifs is 4. The minimum Gasteiger partial charge on any atom is -0.235 e. The zero-order valence-electron chi connectivity index (χ0n) is 20.2. The van der Waals surface area contributed by atoms with Gasteiger partial charge in [-0.25, -0.2) is 20.0 Å². The molecule has 0 N–H and O–H groups in total. The molecule has 0 amide bonds. The zero-order valence-corrected chi connectivity index (χ0v) is 20.2. The molecule has 2 aliphatic carbocycles. The Bertz CT molecular complexity index is 534. The van der Waals surface area contributed by atoms with Gasteiger partial charge in [-0.05, 0) is 107 Å². The topological polar surface area (TPSA) is 13.0 Å². The van der Waals surface area contributed by atoms with E-state index in [1.807, 2.05) is 0 Å². The molecule has 0 spiro atoms. The fourth-order valence-corrected chi connectivity index (χ4v) is 7.79. The summed E-state index contributed by atoms with van der Waals surface area (Å²) in [5, 5.41) is 11.3. The lowest BCUT2D eigenvalue weighted by molar-refractivity contribution is -0.336. The number of rotatable bonds is 2. The predicted molar refractivity (Wildman–Crippen MR) is 118 cm³/mol. The molecule has 6 rings (SSSR count). The van der Waals surface area contributed by atoms with E-state index < -0.39 is 0 Å². The first kappa shape index (κ1) is 21.1. The molecule has 0 aromatic heterocycles. The number of nitrogens with zero attached hydrogens (tertiary/aromatic N) is 4. The third-order valence-corrected chi connectivity index (χ3v) is 7.98. The van der Waals surface area contributed by atoms with Gasteiger partial charge in [-0.2, -0.15) is 0 Å². The highest BCUT2D eigenvalue weighted by Crippen LogP contribution is 2.58. The van der Waals surface area contributed by atoms with E-state index in [1.165, 1.54) is 25.7 Å². The molecule has 4 heterocycles. The van der Waals surface area contributed by atoms with Crippen LogP contribution in [0.2, 0.25) is 0 Å². The minimum atomic E-state index is 0.196. The van der Waals surface area contributed by atoms with Gasteiger partial charge in [0.2, 0.25) is 0 Å². The van der Waals surface area contributed by atoms with Crippen LogP contribution in [0.4, 0.5) is 0 Å². The molecule has 4 saturated heterocycles. The molecule has 2 saturated carbocycles. The molecular formula is C24H46N4. The van der Waals surface area contributed by atoms with E-state index >= 15 is 0 Å². The highest BCUT2D eigenvalue weighted by molar-refractivity contribution is 5.16. The van der Waals surface area contributed by atoms with E-state index in [0.29, 0.717) is 36.3 Å². The molecule has 0 radical (unpaired) electrons. The highest BCUT2D eigenvalue weighted by Gasteiger charge is 2.65. The fourth-order valence-electron chi connectivity index (χ4n) is 7.79. The third-order valence-electron chi connectivity index (χ3n) is 7.98. The molecule has 162 valence electrons. The van der Waals surface area contributed by atoms with Gasteiger partial charge in [0.05, 0.1) is 0 Å². The molecule has 0 aromatic rings. The highest BCUT2D eigenvalue weighted by atomic mass is 15.7. The quantitative estimate of drug-likeness (QED) is 0.674. The van der Waals surface area contributed by atoms with Gasteiger partial charge in [0.15, 0.2) is 0 Å². The maximum Gasteiger partial charge on any atom is 0.0300 e. The van der Waals surface area contributed by atoms with E-state index in [1.54, 1.807) is 0 Å². The van der Waals surface area contributed by atoms with E-state index in [2.05, 4.69) is 89.3 Å². The Morgan fingerprint density at radius 1 is 0.536 bits per heavy atom. The van der Waals surface area contributed by atoms with Gasteiger partial charge in [-0.3, -0.25) is 0 Å². The molecule has 6 atom stereocenters. The van der Waals surface area contributed by atoms with E-state index in [-0.39, 0.29) is 11.1 Å². The summed E-state index contributed by atoms with van der Waals surface area (Å²) in [6.07, 6.45) is 5.55. The molecule has 28 heavy (non-hydrogen) atoms. The molecule has 6 aliphatic rings. The Morgan fingerprint density at radius 2 is 0.821 bits per heavy atom. The predicted octanol–water partition coefficient (Wildman–Crippen LogP) is 4.76. The second-order valence-corrected chi connectivity index (χ2v) is 12.6. The smallest absolute Gasteiger partial charge is 0.0300 e. The van der Waals surface area contributed by atoms with Crippen molar-refractivity contribution in [2.45, 2.75) is 142 Å². The van der Waals surface area contributed by atoms with Crippen molar-refractivity contribution in [1.82, 2.24) is 20.0 Å². The molecule has 6 fully saturated rings. The SMILES string of the molecule is CC(C)N1[C@H]2CC[C@H]([C@H]3[C@@H]2[C@H]2CC[C@@H]3N(C(C)C)N2C(C)(C)C)N1C(C)(C)C. The average Bonchev–Trinajstić information content (AvgIpc) is 2.59. The van der Waals surface area contributed by atoms with E-state index in [9.17, 15) is 0 Å². The first-order chi connectivity index (χ1) is 12.9. The average molecular weight is 391 g/mol. The van der Waals surface area contributed by atoms with Crippen molar-refractivity contribution >= 4 is 0 Å². The van der Waals surface area contributed by atoms with Crippen LogP contribution in [-0.4, -0.2) is 67.4 Å². The Hall–Kier alpha value is -0.160. The third kappa shape index (κ3) is 2.92. The fraction of sp³-hybridized carbons (Fsp3) is 1.00. The zero-order chi connectivity index (χ0) is 20.8. The molecule has 0 unspecified atom stereocenters. The monoisotopic (exact) mass is 390 g/mol. The summed E-state index contributed by atoms with van der Waals surface area (Å²) in [6, 6.07) is 3.99. The van der Waals surface area contributed by atoms with Gasteiger partial charge < -0.3 is 0 Å². The Labute approximate surface area is 174 Å². The van der Waals surface area contributed by atoms with Crippen LogP contribution in [0.5, 0.6) is 0 Å². The normalized spacial score (nSPS) is 40.7. The summed E-state index contributed by atoms with van der Waals surface area (Å²) < 4.78 is 0. The summed E-state index contributed by atoms with van der Waals surface area (Å²) in [6.45, 7) is 24.2. The van der Waals surface area contributed by atoms with Gasteiger partial charge in [-0.1, -0.05) is 0 Å². The Balaban J connectivity index is 1.80. The second-order valence-electron chi connectivity index (χ2n) is 12.6. The van der Waals surface area contributed by atoms with Gasteiger partial charge in [0.1, 0.15) is 0 Å². The second kappa shape index (κ2) is 6.67. The Kier molecular flexibility index (Phi) is 5.02. The summed E-state index contributed by atoms with van der Waals surface area (Å²) in [5.74, 6) is 1.65. The van der Waals surface area contributed by atoms with Crippen molar-refractivity contribution in [3.8, 4) is 0 Å². The number of hydrogen-bond donors (Lipinski definition) is 0. The van der Waals surface area contributed by atoms with Crippen molar-refractivity contribution in [3.05, 3.63) is 0 Å². The lowest BCUT2D eigenvalue weighted by Gasteiger charge is -2.74. The summed E-state index contributed by atoms with van der Waals surface area (Å²) >= 11 is 0. The van der Waals surface area contributed by atoms with Gasteiger partial charge >= 0.3 is 0 Å². The van der Waals surface area contributed by atoms with Crippen molar-refractivity contribution in [3.63, 3.8) is 0 Å². The van der Waals surface area contributed by atoms with Crippen LogP contribution in [0.3, 0.4) is 0 Å². The molecule has 4 bridgehead atoms. The lowest BCUT2D eigenvalue weighted by Crippen LogP contribution is -2.84. The van der Waals surface area contributed by atoms with Crippen LogP contribution < -0.4 is 0 Å². The standard InChI is InChI=1S/C24H46N4/c1-15(2)25-17-11-13-19(27(25)23(5,6)7)22-18-12-14-20(21(17)22)28(24(8,9)10)26(18)16(3)4/h15-22H,11-14H2,1-10H3/t17-,18-,19+,20+,21-,22-/m0/s1. The van der Waals surface area contributed by atoms with Gasteiger partial charge in [0, 0.05) is 47.3 Å². The van der Waals surface area contributed by atoms with Crippen LogP contribution in [0.15, 0.2) is 0 Å². The Morgan fingerprint density at radius 3 is 1.07 bits per heavy atom.